The molecule has 0 aromatic carbocycles. The van der Waals surface area contributed by atoms with E-state index in [1.807, 2.05) is 6.92 Å². The first-order chi connectivity index (χ1) is 6.43. The molecular formula is C10H17NS2. The van der Waals surface area contributed by atoms with E-state index in [9.17, 15) is 0 Å². The molecular weight excluding hydrogens is 198 g/mol. The highest BCUT2D eigenvalue weighted by Gasteiger charge is 2.12. The Morgan fingerprint density at radius 2 is 2.38 bits per heavy atom. The van der Waals surface area contributed by atoms with Crippen molar-refractivity contribution in [2.75, 3.05) is 30.3 Å². The van der Waals surface area contributed by atoms with E-state index in [0.717, 1.165) is 24.8 Å². The van der Waals surface area contributed by atoms with Crippen LogP contribution in [0.1, 0.15) is 13.3 Å². The van der Waals surface area contributed by atoms with E-state index in [0.29, 0.717) is 0 Å². The third kappa shape index (κ3) is 5.51. The lowest BCUT2D eigenvalue weighted by molar-refractivity contribution is 0.693. The van der Waals surface area contributed by atoms with Crippen LogP contribution in [-0.2, 0) is 0 Å². The molecule has 1 atom stereocenters. The molecule has 1 nitrogen and oxygen atoms in total. The van der Waals surface area contributed by atoms with Crippen LogP contribution in [0.2, 0.25) is 0 Å². The second-order valence-corrected chi connectivity index (χ2v) is 5.51. The van der Waals surface area contributed by atoms with Crippen LogP contribution in [0.5, 0.6) is 0 Å². The molecule has 1 aliphatic rings. The second kappa shape index (κ2) is 7.61. The summed E-state index contributed by atoms with van der Waals surface area (Å²) in [5.74, 6) is 9.95. The predicted octanol–water partition coefficient (Wildman–Crippen LogP) is 1.84. The maximum Gasteiger partial charge on any atom is 0.0263 e. The molecule has 1 aliphatic heterocycles. The summed E-state index contributed by atoms with van der Waals surface area (Å²) >= 11 is 4.19. The van der Waals surface area contributed by atoms with Crippen LogP contribution in [0, 0.1) is 11.8 Å². The summed E-state index contributed by atoms with van der Waals surface area (Å²) in [6.07, 6.45) is 0.987. The lowest BCUT2D eigenvalue weighted by Crippen LogP contribution is -2.29. The molecule has 1 saturated heterocycles. The monoisotopic (exact) mass is 215 g/mol. The Labute approximate surface area is 89.8 Å². The normalized spacial score (nSPS) is 22.1. The van der Waals surface area contributed by atoms with Crippen molar-refractivity contribution in [1.29, 1.82) is 0 Å². The summed E-state index contributed by atoms with van der Waals surface area (Å²) in [6.45, 7) is 4.10. The van der Waals surface area contributed by atoms with Gasteiger partial charge in [0.05, 0.1) is 0 Å². The first kappa shape index (κ1) is 11.3. The van der Waals surface area contributed by atoms with Crippen molar-refractivity contribution in [3.63, 3.8) is 0 Å². The molecule has 74 valence electrons. The Morgan fingerprint density at radius 1 is 1.46 bits per heavy atom. The van der Waals surface area contributed by atoms with Gasteiger partial charge in [-0.05, 0) is 6.92 Å². The molecule has 3 heteroatoms. The van der Waals surface area contributed by atoms with Crippen molar-refractivity contribution in [3.8, 4) is 11.8 Å². The number of rotatable bonds is 4. The van der Waals surface area contributed by atoms with E-state index in [-0.39, 0.29) is 0 Å². The first-order valence-corrected chi connectivity index (χ1v) is 6.93. The zero-order valence-electron chi connectivity index (χ0n) is 8.14. The molecule has 0 aromatic heterocycles. The molecule has 0 aliphatic carbocycles. The molecule has 1 unspecified atom stereocenters. The minimum Gasteiger partial charge on any atom is -0.315 e. The van der Waals surface area contributed by atoms with Crippen LogP contribution in [-0.4, -0.2) is 35.6 Å². The van der Waals surface area contributed by atoms with E-state index in [2.05, 4.69) is 40.7 Å². The Balaban J connectivity index is 1.94. The standard InChI is InChI=1S/C10H17NS2/c1-2-3-4-5-11-8-10-9-12-6-7-13-10/h10-11H,4-9H2,1H3. The highest BCUT2D eigenvalue weighted by molar-refractivity contribution is 8.06. The fourth-order valence-corrected chi connectivity index (χ4v) is 3.84. The second-order valence-electron chi connectivity index (χ2n) is 2.95. The van der Waals surface area contributed by atoms with Gasteiger partial charge >= 0.3 is 0 Å². The van der Waals surface area contributed by atoms with Crippen LogP contribution in [0.4, 0.5) is 0 Å². The molecule has 0 spiro atoms. The van der Waals surface area contributed by atoms with Gasteiger partial charge in [0.1, 0.15) is 0 Å². The SMILES string of the molecule is CC#CCCNCC1CSCCS1. The van der Waals surface area contributed by atoms with Gasteiger partial charge in [0.2, 0.25) is 0 Å². The zero-order chi connectivity index (χ0) is 9.36. The van der Waals surface area contributed by atoms with E-state index in [4.69, 9.17) is 0 Å². The van der Waals surface area contributed by atoms with Crippen LogP contribution in [0.15, 0.2) is 0 Å². The fraction of sp³-hybridized carbons (Fsp3) is 0.800. The van der Waals surface area contributed by atoms with Gasteiger partial charge in [-0.3, -0.25) is 0 Å². The fourth-order valence-electron chi connectivity index (χ4n) is 1.19. The van der Waals surface area contributed by atoms with Gasteiger partial charge in [-0.2, -0.15) is 23.5 Å². The molecule has 0 radical (unpaired) electrons. The van der Waals surface area contributed by atoms with E-state index in [1.165, 1.54) is 17.3 Å². The van der Waals surface area contributed by atoms with E-state index >= 15 is 0 Å². The third-order valence-electron chi connectivity index (χ3n) is 1.86. The average molecular weight is 215 g/mol. The summed E-state index contributed by atoms with van der Waals surface area (Å²) in [4.78, 5) is 0. The van der Waals surface area contributed by atoms with Gasteiger partial charge in [-0.1, -0.05) is 0 Å². The van der Waals surface area contributed by atoms with Crippen LogP contribution < -0.4 is 5.32 Å². The highest BCUT2D eigenvalue weighted by atomic mass is 32.2. The largest absolute Gasteiger partial charge is 0.315 e. The third-order valence-corrected chi connectivity index (χ3v) is 4.71. The molecule has 13 heavy (non-hydrogen) atoms. The Kier molecular flexibility index (Phi) is 6.61. The quantitative estimate of drug-likeness (QED) is 0.568. The van der Waals surface area contributed by atoms with Crippen molar-refractivity contribution in [3.05, 3.63) is 0 Å². The van der Waals surface area contributed by atoms with Crippen LogP contribution in [0.3, 0.4) is 0 Å². The van der Waals surface area contributed by atoms with Gasteiger partial charge < -0.3 is 5.32 Å². The zero-order valence-corrected chi connectivity index (χ0v) is 9.77. The number of hydrogen-bond donors (Lipinski definition) is 1. The minimum atomic E-state index is 0.827. The van der Waals surface area contributed by atoms with E-state index in [1.54, 1.807) is 0 Å². The van der Waals surface area contributed by atoms with Gasteiger partial charge in [0, 0.05) is 42.0 Å². The molecule has 0 aromatic rings. The lowest BCUT2D eigenvalue weighted by atomic mass is 10.4. The Morgan fingerprint density at radius 3 is 3.08 bits per heavy atom. The van der Waals surface area contributed by atoms with Crippen molar-refractivity contribution in [2.24, 2.45) is 0 Å². The van der Waals surface area contributed by atoms with Crippen molar-refractivity contribution >= 4 is 23.5 Å². The molecule has 1 N–H and O–H groups in total. The lowest BCUT2D eigenvalue weighted by Gasteiger charge is -2.20. The molecule has 1 rings (SSSR count). The van der Waals surface area contributed by atoms with Crippen LogP contribution in [0.25, 0.3) is 0 Å². The van der Waals surface area contributed by atoms with Gasteiger partial charge in [0.25, 0.3) is 0 Å². The topological polar surface area (TPSA) is 12.0 Å². The minimum absolute atomic E-state index is 0.827. The summed E-state index contributed by atoms with van der Waals surface area (Å²) in [5.41, 5.74) is 0. The van der Waals surface area contributed by atoms with Crippen molar-refractivity contribution in [1.82, 2.24) is 5.32 Å². The maximum absolute atomic E-state index is 3.45. The van der Waals surface area contributed by atoms with Crippen molar-refractivity contribution < 1.29 is 0 Å². The summed E-state index contributed by atoms with van der Waals surface area (Å²) in [5, 5.41) is 4.28. The molecule has 1 heterocycles. The highest BCUT2D eigenvalue weighted by Crippen LogP contribution is 2.23. The summed E-state index contributed by atoms with van der Waals surface area (Å²) in [7, 11) is 0. The summed E-state index contributed by atoms with van der Waals surface area (Å²) in [6, 6.07) is 0. The molecule has 0 saturated carbocycles. The molecule has 0 bridgehead atoms. The van der Waals surface area contributed by atoms with Crippen LogP contribution >= 0.6 is 23.5 Å². The number of hydrogen-bond acceptors (Lipinski definition) is 3. The van der Waals surface area contributed by atoms with Gasteiger partial charge in [-0.25, -0.2) is 0 Å². The Hall–Kier alpha value is 0.220. The number of thioether (sulfide) groups is 2. The average Bonchev–Trinajstić information content (AvgIpc) is 2.19. The van der Waals surface area contributed by atoms with Gasteiger partial charge in [0.15, 0.2) is 0 Å². The maximum atomic E-state index is 3.45. The molecule has 1 fully saturated rings. The molecule has 0 amide bonds. The smallest absolute Gasteiger partial charge is 0.0263 e. The van der Waals surface area contributed by atoms with E-state index < -0.39 is 0 Å². The summed E-state index contributed by atoms with van der Waals surface area (Å²) < 4.78 is 0. The first-order valence-electron chi connectivity index (χ1n) is 4.73. The van der Waals surface area contributed by atoms with Gasteiger partial charge in [-0.15, -0.1) is 11.8 Å². The van der Waals surface area contributed by atoms with Crippen molar-refractivity contribution in [2.45, 2.75) is 18.6 Å². The Bertz CT molecular complexity index is 177. The predicted molar refractivity (Wildman–Crippen MR) is 64.5 cm³/mol. The number of nitrogens with one attached hydrogen (secondary N) is 1.